The maximum absolute atomic E-state index is 11.3. The van der Waals surface area contributed by atoms with E-state index in [1.54, 1.807) is 14.0 Å². The Kier molecular flexibility index (Phi) is 5.65. The minimum Gasteiger partial charge on any atom is -0.496 e. The topological polar surface area (TPSA) is 61.5 Å². The third-order valence-corrected chi connectivity index (χ3v) is 2.75. The van der Waals surface area contributed by atoms with Gasteiger partial charge in [0.1, 0.15) is 5.75 Å². The van der Waals surface area contributed by atoms with Gasteiger partial charge in [0.25, 0.3) is 0 Å². The van der Waals surface area contributed by atoms with E-state index in [4.69, 9.17) is 15.2 Å². The molecule has 1 rings (SSSR count). The van der Waals surface area contributed by atoms with E-state index in [2.05, 4.69) is 0 Å². The second-order valence-electron chi connectivity index (χ2n) is 4.20. The summed E-state index contributed by atoms with van der Waals surface area (Å²) < 4.78 is 10.2. The number of esters is 1. The Morgan fingerprint density at radius 3 is 2.78 bits per heavy atom. The predicted octanol–water partition coefficient (Wildman–Crippen LogP) is 2.35. The first-order valence-corrected chi connectivity index (χ1v) is 6.14. The van der Waals surface area contributed by atoms with Crippen LogP contribution in [0.25, 0.3) is 0 Å². The Morgan fingerprint density at radius 1 is 1.44 bits per heavy atom. The fourth-order valence-corrected chi connectivity index (χ4v) is 1.81. The van der Waals surface area contributed by atoms with Crippen LogP contribution in [0.15, 0.2) is 18.2 Å². The molecule has 0 aliphatic carbocycles. The van der Waals surface area contributed by atoms with Crippen LogP contribution >= 0.6 is 0 Å². The van der Waals surface area contributed by atoms with E-state index >= 15 is 0 Å². The molecule has 0 aliphatic rings. The Balaban J connectivity index is 2.68. The maximum Gasteiger partial charge on any atom is 0.305 e. The van der Waals surface area contributed by atoms with Crippen molar-refractivity contribution in [2.75, 3.05) is 13.7 Å². The number of carbonyl (C=O) groups is 1. The van der Waals surface area contributed by atoms with E-state index in [-0.39, 0.29) is 12.0 Å². The smallest absolute Gasteiger partial charge is 0.305 e. The number of benzene rings is 1. The molecule has 0 radical (unpaired) electrons. The normalized spacial score (nSPS) is 12.0. The van der Waals surface area contributed by atoms with Gasteiger partial charge < -0.3 is 15.2 Å². The van der Waals surface area contributed by atoms with E-state index in [0.717, 1.165) is 16.9 Å². The summed E-state index contributed by atoms with van der Waals surface area (Å²) in [7, 11) is 1.62. The Hall–Kier alpha value is -1.55. The summed E-state index contributed by atoms with van der Waals surface area (Å²) in [4.78, 5) is 11.3. The van der Waals surface area contributed by atoms with Gasteiger partial charge in [-0.2, -0.15) is 0 Å². The molecule has 2 N–H and O–H groups in total. The lowest BCUT2D eigenvalue weighted by atomic mass is 10.00. The van der Waals surface area contributed by atoms with E-state index in [1.807, 2.05) is 25.1 Å². The van der Waals surface area contributed by atoms with Gasteiger partial charge in [-0.05, 0) is 26.3 Å². The number of nitrogens with two attached hydrogens (primary N) is 1. The van der Waals surface area contributed by atoms with Crippen molar-refractivity contribution in [3.8, 4) is 5.75 Å². The molecule has 0 saturated carbocycles. The molecule has 0 aliphatic heterocycles. The number of aryl methyl sites for hydroxylation is 1. The van der Waals surface area contributed by atoms with Crippen molar-refractivity contribution in [1.29, 1.82) is 0 Å². The lowest BCUT2D eigenvalue weighted by Gasteiger charge is -2.16. The van der Waals surface area contributed by atoms with Gasteiger partial charge in [0.05, 0.1) is 13.7 Å². The van der Waals surface area contributed by atoms with Gasteiger partial charge in [-0.1, -0.05) is 17.7 Å². The van der Waals surface area contributed by atoms with Gasteiger partial charge in [0.2, 0.25) is 0 Å². The monoisotopic (exact) mass is 251 g/mol. The number of hydrogen-bond donors (Lipinski definition) is 1. The van der Waals surface area contributed by atoms with Crippen LogP contribution in [0.1, 0.15) is 36.9 Å². The zero-order chi connectivity index (χ0) is 13.5. The van der Waals surface area contributed by atoms with Gasteiger partial charge in [0.15, 0.2) is 0 Å². The van der Waals surface area contributed by atoms with E-state index in [1.165, 1.54) is 0 Å². The van der Waals surface area contributed by atoms with E-state index in [9.17, 15) is 4.79 Å². The molecule has 0 heterocycles. The number of methoxy groups -OCH3 is 1. The van der Waals surface area contributed by atoms with Crippen LogP contribution in [0.4, 0.5) is 0 Å². The van der Waals surface area contributed by atoms with Crippen LogP contribution in [-0.4, -0.2) is 19.7 Å². The second-order valence-corrected chi connectivity index (χ2v) is 4.20. The average molecular weight is 251 g/mol. The van der Waals surface area contributed by atoms with Crippen LogP contribution in [0, 0.1) is 6.92 Å². The molecule has 1 aromatic rings. The SMILES string of the molecule is CCOC(=O)CCC(N)c1cc(C)ccc1OC. The minimum absolute atomic E-state index is 0.209. The molecule has 4 nitrogen and oxygen atoms in total. The first-order valence-electron chi connectivity index (χ1n) is 6.14. The highest BCUT2D eigenvalue weighted by molar-refractivity contribution is 5.69. The molecule has 1 aromatic carbocycles. The molecule has 18 heavy (non-hydrogen) atoms. The van der Waals surface area contributed by atoms with Gasteiger partial charge >= 0.3 is 5.97 Å². The van der Waals surface area contributed by atoms with Crippen LogP contribution in [0.5, 0.6) is 5.75 Å². The fourth-order valence-electron chi connectivity index (χ4n) is 1.81. The van der Waals surface area contributed by atoms with Crippen molar-refractivity contribution in [2.24, 2.45) is 5.73 Å². The van der Waals surface area contributed by atoms with Crippen molar-refractivity contribution in [1.82, 2.24) is 0 Å². The average Bonchev–Trinajstić information content (AvgIpc) is 2.36. The van der Waals surface area contributed by atoms with Crippen molar-refractivity contribution >= 4 is 5.97 Å². The lowest BCUT2D eigenvalue weighted by molar-refractivity contribution is -0.143. The van der Waals surface area contributed by atoms with E-state index in [0.29, 0.717) is 19.4 Å². The third kappa shape index (κ3) is 4.04. The molecule has 0 amide bonds. The highest BCUT2D eigenvalue weighted by atomic mass is 16.5. The minimum atomic E-state index is -0.218. The predicted molar refractivity (Wildman–Crippen MR) is 70.5 cm³/mol. The van der Waals surface area contributed by atoms with E-state index < -0.39 is 0 Å². The summed E-state index contributed by atoms with van der Waals surface area (Å²) in [5.41, 5.74) is 8.15. The summed E-state index contributed by atoms with van der Waals surface area (Å²) >= 11 is 0. The van der Waals surface area contributed by atoms with Gasteiger partial charge in [-0.25, -0.2) is 0 Å². The van der Waals surface area contributed by atoms with Gasteiger partial charge in [0, 0.05) is 18.0 Å². The fraction of sp³-hybridized carbons (Fsp3) is 0.500. The molecule has 0 bridgehead atoms. The Morgan fingerprint density at radius 2 is 2.17 bits per heavy atom. The number of ether oxygens (including phenoxy) is 2. The number of carbonyl (C=O) groups excluding carboxylic acids is 1. The first kappa shape index (κ1) is 14.5. The summed E-state index contributed by atoms with van der Waals surface area (Å²) in [5.74, 6) is 0.552. The third-order valence-electron chi connectivity index (χ3n) is 2.75. The largest absolute Gasteiger partial charge is 0.496 e. The molecular formula is C14H21NO3. The van der Waals surface area contributed by atoms with Crippen LogP contribution < -0.4 is 10.5 Å². The summed E-state index contributed by atoms with van der Waals surface area (Å²) in [6.07, 6.45) is 0.880. The van der Waals surface area contributed by atoms with Gasteiger partial charge in [-0.15, -0.1) is 0 Å². The molecule has 0 aromatic heterocycles. The Bertz CT molecular complexity index is 404. The molecule has 0 saturated heterocycles. The molecule has 4 heteroatoms. The standard InChI is InChI=1S/C14H21NO3/c1-4-18-14(16)8-6-12(15)11-9-10(2)5-7-13(11)17-3/h5,7,9,12H,4,6,8,15H2,1-3H3. The van der Waals surface area contributed by atoms with Crippen LogP contribution in [0.2, 0.25) is 0 Å². The van der Waals surface area contributed by atoms with Crippen molar-refractivity contribution < 1.29 is 14.3 Å². The maximum atomic E-state index is 11.3. The van der Waals surface area contributed by atoms with Crippen molar-refractivity contribution in [2.45, 2.75) is 32.7 Å². The van der Waals surface area contributed by atoms with Crippen molar-refractivity contribution in [3.63, 3.8) is 0 Å². The van der Waals surface area contributed by atoms with Crippen molar-refractivity contribution in [3.05, 3.63) is 29.3 Å². The molecule has 1 unspecified atom stereocenters. The summed E-state index contributed by atoms with van der Waals surface area (Å²) in [6, 6.07) is 5.65. The quantitative estimate of drug-likeness (QED) is 0.788. The second kappa shape index (κ2) is 7.01. The summed E-state index contributed by atoms with van der Waals surface area (Å²) in [6.45, 7) is 4.20. The highest BCUT2D eigenvalue weighted by Gasteiger charge is 2.14. The molecule has 1 atom stereocenters. The van der Waals surface area contributed by atoms with Crippen LogP contribution in [0.3, 0.4) is 0 Å². The number of hydrogen-bond acceptors (Lipinski definition) is 4. The molecule has 0 fully saturated rings. The first-order chi connectivity index (χ1) is 8.58. The molecular weight excluding hydrogens is 230 g/mol. The Labute approximate surface area is 108 Å². The molecule has 100 valence electrons. The van der Waals surface area contributed by atoms with Gasteiger partial charge in [-0.3, -0.25) is 4.79 Å². The zero-order valence-electron chi connectivity index (χ0n) is 11.2. The lowest BCUT2D eigenvalue weighted by Crippen LogP contribution is -2.14. The highest BCUT2D eigenvalue weighted by Crippen LogP contribution is 2.27. The summed E-state index contributed by atoms with van der Waals surface area (Å²) in [5, 5.41) is 0. The zero-order valence-corrected chi connectivity index (χ0v) is 11.2. The number of rotatable bonds is 6. The van der Waals surface area contributed by atoms with Crippen LogP contribution in [-0.2, 0) is 9.53 Å². The molecule has 0 spiro atoms.